The summed E-state index contributed by atoms with van der Waals surface area (Å²) in [7, 11) is 1.88. The minimum absolute atomic E-state index is 0.141. The average Bonchev–Trinajstić information content (AvgIpc) is 2.18. The second-order valence-corrected chi connectivity index (χ2v) is 3.80. The highest BCUT2D eigenvalue weighted by Crippen LogP contribution is 2.21. The number of nitrogens with one attached hydrogen (secondary N) is 1. The average molecular weight is 183 g/mol. The molecule has 1 saturated carbocycles. The van der Waals surface area contributed by atoms with Crippen LogP contribution in [0.25, 0.3) is 0 Å². The molecule has 1 aliphatic carbocycles. The predicted octanol–water partition coefficient (Wildman–Crippen LogP) is 1.45. The quantitative estimate of drug-likeness (QED) is 0.653. The zero-order chi connectivity index (χ0) is 9.68. The van der Waals surface area contributed by atoms with Crippen LogP contribution in [0.2, 0.25) is 0 Å². The molecule has 1 N–H and O–H groups in total. The van der Waals surface area contributed by atoms with Crippen molar-refractivity contribution < 1.29 is 4.79 Å². The third kappa shape index (κ3) is 2.99. The molecule has 0 unspecified atom stereocenters. The summed E-state index contributed by atoms with van der Waals surface area (Å²) in [6.07, 6.45) is 6.51. The van der Waals surface area contributed by atoms with Crippen LogP contribution in [0.1, 0.15) is 38.5 Å². The number of hydrogen-bond donors (Lipinski definition) is 0. The molecule has 13 heavy (non-hydrogen) atoms. The van der Waals surface area contributed by atoms with E-state index in [0.29, 0.717) is 12.5 Å². The Morgan fingerprint density at radius 2 is 2.00 bits per heavy atom. The number of amides is 1. The summed E-state index contributed by atoms with van der Waals surface area (Å²) < 4.78 is 0. The molecule has 3 heteroatoms. The Morgan fingerprint density at radius 3 is 2.54 bits per heavy atom. The van der Waals surface area contributed by atoms with E-state index in [4.69, 9.17) is 5.73 Å². The van der Waals surface area contributed by atoms with E-state index in [1.54, 1.807) is 0 Å². The molecule has 0 aromatic carbocycles. The van der Waals surface area contributed by atoms with E-state index in [9.17, 15) is 4.79 Å². The molecule has 3 nitrogen and oxygen atoms in total. The molecule has 0 atom stereocenters. The second kappa shape index (κ2) is 5.22. The lowest BCUT2D eigenvalue weighted by Gasteiger charge is -2.31. The van der Waals surface area contributed by atoms with Gasteiger partial charge in [0.05, 0.1) is 0 Å². The van der Waals surface area contributed by atoms with Gasteiger partial charge in [-0.25, -0.2) is 0 Å². The topological polar surface area (TPSA) is 44.1 Å². The Bertz CT molecular complexity index is 164. The highest BCUT2D eigenvalue weighted by atomic mass is 16.2. The van der Waals surface area contributed by atoms with Crippen LogP contribution in [0.5, 0.6) is 0 Å². The molecule has 1 radical (unpaired) electrons. The molecule has 1 aliphatic rings. The van der Waals surface area contributed by atoms with Crippen molar-refractivity contribution in [1.29, 1.82) is 0 Å². The number of hydrogen-bond acceptors (Lipinski definition) is 1. The van der Waals surface area contributed by atoms with Gasteiger partial charge < -0.3 is 4.90 Å². The lowest BCUT2D eigenvalue weighted by Crippen LogP contribution is -2.38. The smallest absolute Gasteiger partial charge is 0.223 e. The number of carbonyl (C=O) groups is 1. The zero-order valence-electron chi connectivity index (χ0n) is 8.38. The lowest BCUT2D eigenvalue weighted by molar-refractivity contribution is -0.132. The summed E-state index contributed by atoms with van der Waals surface area (Å²) in [4.78, 5) is 13.3. The van der Waals surface area contributed by atoms with Crippen molar-refractivity contribution in [3.63, 3.8) is 0 Å². The minimum Gasteiger partial charge on any atom is -0.343 e. The standard InChI is InChI=1S/C10H19N2O/c1-12(10(13)7-8-11)9-5-3-2-4-6-9/h9,11H,2-8H2,1H3. The molecule has 1 amide bonds. The van der Waals surface area contributed by atoms with Gasteiger partial charge in [0.1, 0.15) is 0 Å². The van der Waals surface area contributed by atoms with Crippen molar-refractivity contribution in [2.45, 2.75) is 44.6 Å². The summed E-state index contributed by atoms with van der Waals surface area (Å²) in [5.74, 6) is 0.141. The van der Waals surface area contributed by atoms with Crippen LogP contribution in [-0.2, 0) is 4.79 Å². The van der Waals surface area contributed by atoms with Crippen molar-refractivity contribution in [3.8, 4) is 0 Å². The van der Waals surface area contributed by atoms with Crippen LogP contribution in [-0.4, -0.2) is 30.4 Å². The first-order valence-electron chi connectivity index (χ1n) is 5.16. The lowest BCUT2D eigenvalue weighted by atomic mass is 9.94. The Labute approximate surface area is 80.3 Å². The van der Waals surface area contributed by atoms with Gasteiger partial charge >= 0.3 is 0 Å². The van der Waals surface area contributed by atoms with E-state index in [-0.39, 0.29) is 12.5 Å². The van der Waals surface area contributed by atoms with Crippen molar-refractivity contribution in [2.75, 3.05) is 13.6 Å². The fourth-order valence-corrected chi connectivity index (χ4v) is 1.96. The van der Waals surface area contributed by atoms with Crippen LogP contribution < -0.4 is 5.73 Å². The van der Waals surface area contributed by atoms with Crippen LogP contribution in [0.3, 0.4) is 0 Å². The van der Waals surface area contributed by atoms with Crippen molar-refractivity contribution in [1.82, 2.24) is 10.6 Å². The molecule has 0 aliphatic heterocycles. The molecule has 0 aromatic rings. The summed E-state index contributed by atoms with van der Waals surface area (Å²) in [5.41, 5.74) is 6.99. The Balaban J connectivity index is 2.35. The number of rotatable bonds is 3. The zero-order valence-corrected chi connectivity index (χ0v) is 8.38. The van der Waals surface area contributed by atoms with Crippen LogP contribution >= 0.6 is 0 Å². The maximum absolute atomic E-state index is 11.4. The van der Waals surface area contributed by atoms with Gasteiger partial charge in [-0.2, -0.15) is 0 Å². The molecule has 0 bridgehead atoms. The summed E-state index contributed by atoms with van der Waals surface area (Å²) in [5, 5.41) is 0. The summed E-state index contributed by atoms with van der Waals surface area (Å²) >= 11 is 0. The van der Waals surface area contributed by atoms with E-state index in [1.165, 1.54) is 19.3 Å². The Morgan fingerprint density at radius 1 is 1.38 bits per heavy atom. The molecule has 1 rings (SSSR count). The van der Waals surface area contributed by atoms with Crippen molar-refractivity contribution >= 4 is 5.91 Å². The third-order valence-corrected chi connectivity index (χ3v) is 2.85. The molecular formula is C10H19N2O. The normalized spacial score (nSPS) is 18.6. The monoisotopic (exact) mass is 183 g/mol. The molecule has 1 fully saturated rings. The fourth-order valence-electron chi connectivity index (χ4n) is 1.96. The highest BCUT2D eigenvalue weighted by molar-refractivity contribution is 5.76. The van der Waals surface area contributed by atoms with Crippen LogP contribution in [0.4, 0.5) is 0 Å². The van der Waals surface area contributed by atoms with Crippen molar-refractivity contribution in [2.24, 2.45) is 0 Å². The van der Waals surface area contributed by atoms with Gasteiger partial charge in [0.25, 0.3) is 0 Å². The largest absolute Gasteiger partial charge is 0.343 e. The third-order valence-electron chi connectivity index (χ3n) is 2.85. The van der Waals surface area contributed by atoms with E-state index >= 15 is 0 Å². The molecule has 0 saturated heterocycles. The molecule has 75 valence electrons. The van der Waals surface area contributed by atoms with Crippen LogP contribution in [0, 0.1) is 0 Å². The molecule has 0 aromatic heterocycles. The number of carbonyl (C=O) groups excluding carboxylic acids is 1. The van der Waals surface area contributed by atoms with E-state index < -0.39 is 0 Å². The van der Waals surface area contributed by atoms with Gasteiger partial charge in [0, 0.05) is 26.1 Å². The summed E-state index contributed by atoms with van der Waals surface area (Å²) in [6, 6.07) is 0.452. The Hall–Kier alpha value is -0.570. The maximum Gasteiger partial charge on any atom is 0.223 e. The molecular weight excluding hydrogens is 164 g/mol. The van der Waals surface area contributed by atoms with Gasteiger partial charge in [-0.1, -0.05) is 19.3 Å². The van der Waals surface area contributed by atoms with Gasteiger partial charge in [-0.15, -0.1) is 0 Å². The molecule has 0 heterocycles. The Kier molecular flexibility index (Phi) is 4.22. The molecule has 0 spiro atoms. The minimum atomic E-state index is 0.141. The first-order chi connectivity index (χ1) is 6.25. The van der Waals surface area contributed by atoms with Crippen LogP contribution in [0.15, 0.2) is 0 Å². The van der Waals surface area contributed by atoms with Gasteiger partial charge in [-0.05, 0) is 12.8 Å². The first kappa shape index (κ1) is 10.5. The van der Waals surface area contributed by atoms with Gasteiger partial charge in [0.15, 0.2) is 0 Å². The highest BCUT2D eigenvalue weighted by Gasteiger charge is 2.20. The summed E-state index contributed by atoms with van der Waals surface area (Å²) in [6.45, 7) is 0.218. The van der Waals surface area contributed by atoms with E-state index in [0.717, 1.165) is 12.8 Å². The number of nitrogens with zero attached hydrogens (tertiary/aromatic N) is 1. The van der Waals surface area contributed by atoms with Gasteiger partial charge in [-0.3, -0.25) is 10.5 Å². The predicted molar refractivity (Wildman–Crippen MR) is 52.2 cm³/mol. The maximum atomic E-state index is 11.4. The van der Waals surface area contributed by atoms with Crippen molar-refractivity contribution in [3.05, 3.63) is 0 Å². The second-order valence-electron chi connectivity index (χ2n) is 3.80. The SMILES string of the molecule is CN(C(=O)CC[NH])C1CCCCC1. The van der Waals surface area contributed by atoms with Gasteiger partial charge in [0.2, 0.25) is 5.91 Å². The van der Waals surface area contributed by atoms with E-state index in [2.05, 4.69) is 0 Å². The van der Waals surface area contributed by atoms with E-state index in [1.807, 2.05) is 11.9 Å². The fraction of sp³-hybridized carbons (Fsp3) is 0.900. The first-order valence-corrected chi connectivity index (χ1v) is 5.16.